The third kappa shape index (κ3) is 22.9. The van der Waals surface area contributed by atoms with Crippen LogP contribution >= 0.6 is 0 Å². The second-order valence-electron chi connectivity index (χ2n) is 20.9. The molecule has 0 spiro atoms. The van der Waals surface area contributed by atoms with Crippen LogP contribution in [0.15, 0.2) is 30.5 Å². The van der Waals surface area contributed by atoms with Crippen molar-refractivity contribution in [3.8, 4) is 0 Å². The maximum Gasteiger partial charge on any atom is 0.306 e. The topological polar surface area (TPSA) is 391 Å². The maximum atomic E-state index is 13.8. The number of carboxylic acids is 1. The summed E-state index contributed by atoms with van der Waals surface area (Å²) in [4.78, 5) is 176. The normalized spacial score (nSPS) is 23.4. The van der Waals surface area contributed by atoms with Crippen molar-refractivity contribution in [2.24, 2.45) is 11.8 Å². The van der Waals surface area contributed by atoms with Gasteiger partial charge in [0.25, 0.3) is 0 Å². The monoisotopic (exact) mass is 1140 g/mol. The van der Waals surface area contributed by atoms with Crippen LogP contribution in [0.25, 0.3) is 10.9 Å². The molecule has 0 aliphatic carbocycles. The van der Waals surface area contributed by atoms with E-state index in [0.29, 0.717) is 24.8 Å². The minimum atomic E-state index is -1.50. The molecule has 4 rings (SSSR count). The average Bonchev–Trinajstić information content (AvgIpc) is 4.08. The molecule has 0 bridgehead atoms. The van der Waals surface area contributed by atoms with Gasteiger partial charge in [0.15, 0.2) is 0 Å². The van der Waals surface area contributed by atoms with E-state index in [9.17, 15) is 67.4 Å². The predicted molar refractivity (Wildman–Crippen MR) is 292 cm³/mol. The molecule has 27 nitrogen and oxygen atoms in total. The van der Waals surface area contributed by atoms with Crippen LogP contribution in [0.4, 0.5) is 0 Å². The van der Waals surface area contributed by atoms with Crippen molar-refractivity contribution < 1.29 is 72.2 Å². The minimum absolute atomic E-state index is 0.0168. The van der Waals surface area contributed by atoms with E-state index in [4.69, 9.17) is 4.74 Å². The Morgan fingerprint density at radius 3 is 1.94 bits per heavy atom. The summed E-state index contributed by atoms with van der Waals surface area (Å²) in [5.74, 6) is -10.8. The van der Waals surface area contributed by atoms with Gasteiger partial charge >= 0.3 is 11.9 Å². The van der Waals surface area contributed by atoms with Crippen molar-refractivity contribution in [1.82, 2.24) is 63.1 Å². The number of H-pyrrole nitrogens is 1. The average molecular weight is 1140 g/mol. The number of fused-ring (bicyclic) bond motifs is 2. The third-order valence-corrected chi connectivity index (χ3v) is 13.4. The largest absolute Gasteiger partial charge is 0.481 e. The van der Waals surface area contributed by atoms with Crippen LogP contribution in [-0.2, 0) is 73.5 Å². The lowest BCUT2D eigenvalue weighted by Crippen LogP contribution is -2.56. The summed E-state index contributed by atoms with van der Waals surface area (Å²) in [5, 5.41) is 35.3. The van der Waals surface area contributed by atoms with Crippen molar-refractivity contribution in [3.63, 3.8) is 0 Å². The Morgan fingerprint density at radius 2 is 1.27 bits per heavy atom. The molecule has 0 radical (unpaired) electrons. The standard InChI is InChI=1S/C54H80N12O15/c1-6-7-8-13-34-24-41(67)65-49(32(4)5)54(80)61-27-43(69)57-26-42(68)58-30-46(72)66-21-12-16-40(66)53(79)64-38(22-31(2)3)52(78)60-28-44(70)62-37(18-19-47(73)74)50(76)59-29-45(71)63-39(51(77)55-20-11-17-48(75)81-34)23-33-25-56-36-15-10-9-14-35(33)36/h9-10,14-15,25,31-32,34,37-40,49,56H,6-8,11-13,16-24,26-30H2,1-5H3,(H,55,77)(H,57,69)(H,58,68)(H,59,76)(H,60,78)(H,61,80)(H,62,70)(H,63,71)(H,64,79)(H,65,67)(H,73,74)/t34-,37?,38?,39-,40?,49?/m1/s1. The Kier molecular flexibility index (Phi) is 27.0. The number of carbonyl (C=O) groups excluding carboxylic acids is 12. The number of hydrogen-bond donors (Lipinski definition) is 12. The van der Waals surface area contributed by atoms with Gasteiger partial charge < -0.3 is 72.9 Å². The summed E-state index contributed by atoms with van der Waals surface area (Å²) in [7, 11) is 0. The molecule has 81 heavy (non-hydrogen) atoms. The van der Waals surface area contributed by atoms with Crippen molar-refractivity contribution in [1.29, 1.82) is 0 Å². The summed E-state index contributed by atoms with van der Waals surface area (Å²) < 4.78 is 5.73. The highest BCUT2D eigenvalue weighted by molar-refractivity contribution is 5.97. The number of aromatic amines is 1. The number of carboxylic acid groups (broad SMARTS) is 1. The zero-order valence-corrected chi connectivity index (χ0v) is 46.8. The van der Waals surface area contributed by atoms with Gasteiger partial charge in [0, 0.05) is 49.5 Å². The second kappa shape index (κ2) is 33.5. The molecular weight excluding hydrogens is 1060 g/mol. The van der Waals surface area contributed by atoms with Crippen molar-refractivity contribution >= 4 is 87.8 Å². The number of cyclic esters (lactones) is 1. The molecule has 4 unspecified atom stereocenters. The summed E-state index contributed by atoms with van der Waals surface area (Å²) >= 11 is 0. The quantitative estimate of drug-likeness (QED) is 0.0858. The highest BCUT2D eigenvalue weighted by Crippen LogP contribution is 2.21. The number of para-hydroxylation sites is 1. The molecule has 2 saturated heterocycles. The first-order valence-electron chi connectivity index (χ1n) is 27.6. The van der Waals surface area contributed by atoms with E-state index in [1.807, 2.05) is 25.1 Å². The zero-order valence-electron chi connectivity index (χ0n) is 46.8. The number of benzene rings is 1. The first kappa shape index (κ1) is 65.4. The van der Waals surface area contributed by atoms with E-state index in [1.165, 1.54) is 4.90 Å². The molecule has 12 N–H and O–H groups in total. The highest BCUT2D eigenvalue weighted by atomic mass is 16.5. The zero-order chi connectivity index (χ0) is 59.6. The number of rotatable bonds is 12. The number of unbranched alkanes of at least 4 members (excludes halogenated alkanes) is 2. The number of nitrogens with one attached hydrogen (secondary N) is 11. The van der Waals surface area contributed by atoms with Crippen molar-refractivity contribution in [3.05, 3.63) is 36.0 Å². The van der Waals surface area contributed by atoms with Gasteiger partial charge in [0.05, 0.1) is 39.1 Å². The smallest absolute Gasteiger partial charge is 0.306 e. The first-order valence-corrected chi connectivity index (χ1v) is 27.6. The molecule has 446 valence electrons. The summed E-state index contributed by atoms with van der Waals surface area (Å²) in [5.41, 5.74) is 1.43. The lowest BCUT2D eigenvalue weighted by molar-refractivity contribution is -0.151. The van der Waals surface area contributed by atoms with Crippen LogP contribution in [0.5, 0.6) is 0 Å². The van der Waals surface area contributed by atoms with E-state index >= 15 is 0 Å². The van der Waals surface area contributed by atoms with Gasteiger partial charge in [-0.3, -0.25) is 62.3 Å². The summed E-state index contributed by atoms with van der Waals surface area (Å²) in [6.45, 7) is 5.91. The Bertz CT molecular complexity index is 2570. The summed E-state index contributed by atoms with van der Waals surface area (Å²) in [6, 6.07) is 1.22. The Morgan fingerprint density at radius 1 is 0.654 bits per heavy atom. The maximum absolute atomic E-state index is 13.8. The molecule has 27 heteroatoms. The molecule has 0 saturated carbocycles. The van der Waals surface area contributed by atoms with Crippen LogP contribution < -0.4 is 53.2 Å². The molecular formula is C54H80N12O15. The molecule has 6 atom stereocenters. The molecule has 2 aliphatic rings. The van der Waals surface area contributed by atoms with Gasteiger partial charge in [-0.1, -0.05) is 65.7 Å². The van der Waals surface area contributed by atoms with E-state index < -0.39 is 165 Å². The van der Waals surface area contributed by atoms with E-state index in [2.05, 4.69) is 58.2 Å². The molecule has 2 aromatic rings. The number of amides is 11. The molecule has 1 aromatic carbocycles. The molecule has 2 fully saturated rings. The highest BCUT2D eigenvalue weighted by Gasteiger charge is 2.37. The van der Waals surface area contributed by atoms with Gasteiger partial charge in [-0.05, 0) is 68.4 Å². The fourth-order valence-corrected chi connectivity index (χ4v) is 9.11. The number of ether oxygens (including phenoxy) is 1. The second-order valence-corrected chi connectivity index (χ2v) is 20.9. The van der Waals surface area contributed by atoms with Crippen molar-refractivity contribution in [2.45, 2.75) is 154 Å². The van der Waals surface area contributed by atoms with Crippen LogP contribution in [0, 0.1) is 11.8 Å². The fraction of sp³-hybridized carbons (Fsp3) is 0.611. The third-order valence-electron chi connectivity index (χ3n) is 13.4. The molecule has 3 heterocycles. The lowest BCUT2D eigenvalue weighted by atomic mass is 10.0. The Balaban J connectivity index is 1.54. The number of aromatic nitrogens is 1. The molecule has 1 aromatic heterocycles. The van der Waals surface area contributed by atoms with Gasteiger partial charge in [-0.2, -0.15) is 0 Å². The molecule has 11 amide bonds. The number of nitrogens with zero attached hydrogens (tertiary/aromatic N) is 1. The Hall–Kier alpha value is -8.13. The number of esters is 1. The first-order chi connectivity index (χ1) is 38.5. The van der Waals surface area contributed by atoms with E-state index in [1.54, 1.807) is 40.0 Å². The van der Waals surface area contributed by atoms with Crippen LogP contribution in [0.2, 0.25) is 0 Å². The van der Waals surface area contributed by atoms with E-state index in [0.717, 1.165) is 23.7 Å². The van der Waals surface area contributed by atoms with Gasteiger partial charge in [0.1, 0.15) is 36.3 Å². The summed E-state index contributed by atoms with van der Waals surface area (Å²) in [6.07, 6.45) is 2.80. The lowest BCUT2D eigenvalue weighted by Gasteiger charge is -2.27. The number of aliphatic carboxylic acids is 1. The predicted octanol–water partition coefficient (Wildman–Crippen LogP) is -1.42. The van der Waals surface area contributed by atoms with E-state index in [-0.39, 0.29) is 57.5 Å². The van der Waals surface area contributed by atoms with Crippen LogP contribution in [-0.4, -0.2) is 174 Å². The Labute approximate surface area is 469 Å². The minimum Gasteiger partial charge on any atom is -0.481 e. The molecule has 2 aliphatic heterocycles. The van der Waals surface area contributed by atoms with Crippen LogP contribution in [0.1, 0.15) is 117 Å². The number of hydrogen-bond acceptors (Lipinski definition) is 14. The fourth-order valence-electron chi connectivity index (χ4n) is 9.11. The number of carbonyl (C=O) groups is 13. The van der Waals surface area contributed by atoms with Gasteiger partial charge in [0.2, 0.25) is 65.0 Å². The van der Waals surface area contributed by atoms with Gasteiger partial charge in [-0.25, -0.2) is 0 Å². The van der Waals surface area contributed by atoms with Gasteiger partial charge in [-0.15, -0.1) is 0 Å². The van der Waals surface area contributed by atoms with Crippen LogP contribution in [0.3, 0.4) is 0 Å². The van der Waals surface area contributed by atoms with Crippen molar-refractivity contribution in [2.75, 3.05) is 45.8 Å². The SMILES string of the molecule is CCCCC[C@@H]1CC(=O)NC(C(C)C)C(=O)NCC(=O)NCC(=O)NCC(=O)N2CCCC2C(=O)NC(CC(C)C)C(=O)NCC(=O)NC(CCC(=O)O)C(=O)NCC(=O)N[C@H](Cc2c[nH]c3ccccc23)C(=O)NCCCC(=O)O1.